The Kier molecular flexibility index (Phi) is 5.74. The molecule has 0 aromatic heterocycles. The molecule has 5 unspecified atom stereocenters. The molecule has 1 nitrogen and oxygen atoms in total. The Bertz CT molecular complexity index is 252. The molecule has 0 radical (unpaired) electrons. The van der Waals surface area contributed by atoms with E-state index < -0.39 is 0 Å². The van der Waals surface area contributed by atoms with Gasteiger partial charge in [-0.1, -0.05) is 40.0 Å². The Morgan fingerprint density at radius 2 is 1.63 bits per heavy atom. The molecular weight excluding hydrogens is 230 g/mol. The lowest BCUT2D eigenvalue weighted by Gasteiger charge is -2.44. The summed E-state index contributed by atoms with van der Waals surface area (Å²) in [6.07, 6.45) is 11.6. The van der Waals surface area contributed by atoms with Gasteiger partial charge in [0.25, 0.3) is 0 Å². The van der Waals surface area contributed by atoms with Crippen LogP contribution in [0.2, 0.25) is 0 Å². The second-order valence-corrected chi connectivity index (χ2v) is 7.80. The van der Waals surface area contributed by atoms with Crippen LogP contribution in [0, 0.1) is 35.5 Å². The first-order chi connectivity index (χ1) is 9.13. The van der Waals surface area contributed by atoms with Crippen LogP contribution in [0.4, 0.5) is 0 Å². The van der Waals surface area contributed by atoms with Gasteiger partial charge in [-0.25, -0.2) is 0 Å². The van der Waals surface area contributed by atoms with E-state index in [2.05, 4.69) is 20.8 Å². The fraction of sp³-hybridized carbons (Fsp3) is 1.00. The van der Waals surface area contributed by atoms with Gasteiger partial charge in [-0.15, -0.1) is 0 Å². The highest BCUT2D eigenvalue weighted by Crippen LogP contribution is 2.46. The molecule has 0 aromatic rings. The molecule has 2 saturated carbocycles. The monoisotopic (exact) mass is 265 g/mol. The molecule has 112 valence electrons. The van der Waals surface area contributed by atoms with Gasteiger partial charge < -0.3 is 5.73 Å². The van der Waals surface area contributed by atoms with E-state index in [1.807, 2.05) is 0 Å². The molecule has 19 heavy (non-hydrogen) atoms. The van der Waals surface area contributed by atoms with Gasteiger partial charge >= 0.3 is 0 Å². The number of hydrogen-bond acceptors (Lipinski definition) is 1. The second-order valence-electron chi connectivity index (χ2n) is 7.80. The molecule has 2 rings (SSSR count). The van der Waals surface area contributed by atoms with Crippen molar-refractivity contribution in [3.05, 3.63) is 0 Å². The zero-order valence-corrected chi connectivity index (χ0v) is 13.4. The first-order valence-electron chi connectivity index (χ1n) is 8.84. The molecule has 2 aliphatic rings. The van der Waals surface area contributed by atoms with Gasteiger partial charge in [0, 0.05) is 0 Å². The molecule has 0 amide bonds. The van der Waals surface area contributed by atoms with Crippen LogP contribution in [-0.4, -0.2) is 6.54 Å². The lowest BCUT2D eigenvalue weighted by molar-refractivity contribution is 0.0673. The predicted molar refractivity (Wildman–Crippen MR) is 84.0 cm³/mol. The maximum absolute atomic E-state index is 6.09. The SMILES string of the molecule is CCCC1CCC(CN)C(C2CC(C)CC(C)C2)C1. The van der Waals surface area contributed by atoms with E-state index >= 15 is 0 Å². The summed E-state index contributed by atoms with van der Waals surface area (Å²) in [7, 11) is 0. The Labute approximate surface area is 120 Å². The van der Waals surface area contributed by atoms with Crippen molar-refractivity contribution in [2.45, 2.75) is 72.1 Å². The third-order valence-electron chi connectivity index (χ3n) is 5.98. The molecule has 2 fully saturated rings. The normalized spacial score (nSPS) is 44.2. The Hall–Kier alpha value is -0.0400. The fourth-order valence-electron chi connectivity index (χ4n) is 5.26. The molecule has 0 aliphatic heterocycles. The molecule has 2 N–H and O–H groups in total. The van der Waals surface area contributed by atoms with Crippen LogP contribution in [0.5, 0.6) is 0 Å². The van der Waals surface area contributed by atoms with E-state index in [9.17, 15) is 0 Å². The van der Waals surface area contributed by atoms with Gasteiger partial charge in [0.15, 0.2) is 0 Å². The van der Waals surface area contributed by atoms with E-state index in [-0.39, 0.29) is 0 Å². The summed E-state index contributed by atoms with van der Waals surface area (Å²) in [5, 5.41) is 0. The van der Waals surface area contributed by atoms with Crippen LogP contribution in [0.15, 0.2) is 0 Å². The van der Waals surface area contributed by atoms with E-state index in [0.29, 0.717) is 0 Å². The van der Waals surface area contributed by atoms with E-state index in [1.54, 1.807) is 0 Å². The number of hydrogen-bond donors (Lipinski definition) is 1. The Morgan fingerprint density at radius 1 is 0.947 bits per heavy atom. The van der Waals surface area contributed by atoms with Crippen molar-refractivity contribution in [3.8, 4) is 0 Å². The summed E-state index contributed by atoms with van der Waals surface area (Å²) in [4.78, 5) is 0. The van der Waals surface area contributed by atoms with Gasteiger partial charge in [-0.05, 0) is 74.2 Å². The highest BCUT2D eigenvalue weighted by Gasteiger charge is 2.37. The van der Waals surface area contributed by atoms with E-state index in [1.165, 1.54) is 51.4 Å². The summed E-state index contributed by atoms with van der Waals surface area (Å²) in [5.41, 5.74) is 6.09. The smallest absolute Gasteiger partial charge is 0.00461 e. The first-order valence-corrected chi connectivity index (χ1v) is 8.84. The summed E-state index contributed by atoms with van der Waals surface area (Å²) < 4.78 is 0. The third kappa shape index (κ3) is 3.97. The zero-order chi connectivity index (χ0) is 13.8. The highest BCUT2D eigenvalue weighted by atomic mass is 14.6. The van der Waals surface area contributed by atoms with Crippen molar-refractivity contribution in [1.29, 1.82) is 0 Å². The van der Waals surface area contributed by atoms with E-state index in [0.717, 1.165) is 42.1 Å². The summed E-state index contributed by atoms with van der Waals surface area (Å²) in [6.45, 7) is 8.20. The van der Waals surface area contributed by atoms with Crippen molar-refractivity contribution in [2.24, 2.45) is 41.2 Å². The highest BCUT2D eigenvalue weighted by molar-refractivity contribution is 4.88. The average molecular weight is 265 g/mol. The van der Waals surface area contributed by atoms with Crippen molar-refractivity contribution in [1.82, 2.24) is 0 Å². The standard InChI is InChI=1S/C18H35N/c1-4-5-15-6-7-16(12-19)18(11-15)17-9-13(2)8-14(3)10-17/h13-18H,4-12,19H2,1-3H3. The quantitative estimate of drug-likeness (QED) is 0.772. The fourth-order valence-corrected chi connectivity index (χ4v) is 5.26. The molecule has 5 atom stereocenters. The first kappa shape index (κ1) is 15.4. The minimum absolute atomic E-state index is 0.829. The van der Waals surface area contributed by atoms with E-state index in [4.69, 9.17) is 5.73 Å². The molecule has 0 heterocycles. The van der Waals surface area contributed by atoms with Crippen LogP contribution < -0.4 is 5.73 Å². The third-order valence-corrected chi connectivity index (χ3v) is 5.98. The predicted octanol–water partition coefficient (Wildman–Crippen LogP) is 4.85. The molecule has 0 spiro atoms. The molecule has 0 bridgehead atoms. The van der Waals surface area contributed by atoms with Gasteiger partial charge in [-0.3, -0.25) is 0 Å². The van der Waals surface area contributed by atoms with Gasteiger partial charge in [-0.2, -0.15) is 0 Å². The zero-order valence-electron chi connectivity index (χ0n) is 13.4. The summed E-state index contributed by atoms with van der Waals surface area (Å²) in [6, 6.07) is 0. The largest absolute Gasteiger partial charge is 0.330 e. The van der Waals surface area contributed by atoms with Gasteiger partial charge in [0.05, 0.1) is 0 Å². The molecule has 0 aromatic carbocycles. The van der Waals surface area contributed by atoms with Crippen LogP contribution in [0.3, 0.4) is 0 Å². The maximum atomic E-state index is 6.09. The lowest BCUT2D eigenvalue weighted by atomic mass is 9.62. The average Bonchev–Trinajstić information content (AvgIpc) is 2.38. The van der Waals surface area contributed by atoms with Gasteiger partial charge in [0.1, 0.15) is 0 Å². The summed E-state index contributed by atoms with van der Waals surface area (Å²) >= 11 is 0. The maximum Gasteiger partial charge on any atom is -0.00461 e. The second kappa shape index (κ2) is 7.11. The minimum atomic E-state index is 0.829. The van der Waals surface area contributed by atoms with Crippen LogP contribution in [-0.2, 0) is 0 Å². The number of rotatable bonds is 4. The van der Waals surface area contributed by atoms with Crippen molar-refractivity contribution in [2.75, 3.05) is 6.54 Å². The molecular formula is C18H35N. The van der Waals surface area contributed by atoms with Crippen LogP contribution in [0.1, 0.15) is 72.1 Å². The molecule has 0 saturated heterocycles. The summed E-state index contributed by atoms with van der Waals surface area (Å²) in [5.74, 6) is 5.64. The van der Waals surface area contributed by atoms with Crippen molar-refractivity contribution < 1.29 is 0 Å². The van der Waals surface area contributed by atoms with Gasteiger partial charge in [0.2, 0.25) is 0 Å². The molecule has 2 aliphatic carbocycles. The van der Waals surface area contributed by atoms with Crippen molar-refractivity contribution >= 4 is 0 Å². The topological polar surface area (TPSA) is 26.0 Å². The Morgan fingerprint density at radius 3 is 2.21 bits per heavy atom. The lowest BCUT2D eigenvalue weighted by Crippen LogP contribution is -2.37. The molecule has 1 heteroatoms. The minimum Gasteiger partial charge on any atom is -0.330 e. The number of nitrogens with two attached hydrogens (primary N) is 1. The Balaban J connectivity index is 2.00. The van der Waals surface area contributed by atoms with Crippen LogP contribution >= 0.6 is 0 Å². The van der Waals surface area contributed by atoms with Crippen LogP contribution in [0.25, 0.3) is 0 Å². The van der Waals surface area contributed by atoms with Crippen molar-refractivity contribution in [3.63, 3.8) is 0 Å².